The molecule has 1 saturated carbocycles. The molecule has 1 aromatic carbocycles. The third-order valence-electron chi connectivity index (χ3n) is 3.95. The molecule has 0 amide bonds. The van der Waals surface area contributed by atoms with Crippen LogP contribution in [-0.4, -0.2) is 33.4 Å². The average molecular weight is 293 g/mol. The fourth-order valence-corrected chi connectivity index (χ4v) is 2.74. The van der Waals surface area contributed by atoms with Crippen LogP contribution >= 0.6 is 0 Å². The fraction of sp³-hybridized carbons (Fsp3) is 0.647. The van der Waals surface area contributed by atoms with Gasteiger partial charge in [0.15, 0.2) is 0 Å². The molecule has 0 spiro atoms. The van der Waals surface area contributed by atoms with E-state index >= 15 is 0 Å². The second-order valence-corrected chi connectivity index (χ2v) is 5.54. The summed E-state index contributed by atoms with van der Waals surface area (Å²) in [6.45, 7) is 1.72. The van der Waals surface area contributed by atoms with Gasteiger partial charge in [-0.25, -0.2) is 0 Å². The van der Waals surface area contributed by atoms with Crippen LogP contribution < -0.4 is 19.5 Å². The molecule has 0 aromatic heterocycles. The van der Waals surface area contributed by atoms with Crippen LogP contribution in [0.15, 0.2) is 18.2 Å². The summed E-state index contributed by atoms with van der Waals surface area (Å²) in [5, 5.41) is 3.62. The molecule has 1 aliphatic carbocycles. The van der Waals surface area contributed by atoms with E-state index in [4.69, 9.17) is 14.2 Å². The molecule has 4 nitrogen and oxygen atoms in total. The van der Waals surface area contributed by atoms with E-state index in [0.717, 1.165) is 36.3 Å². The monoisotopic (exact) mass is 293 g/mol. The molecule has 21 heavy (non-hydrogen) atoms. The Morgan fingerprint density at radius 2 is 1.57 bits per heavy atom. The van der Waals surface area contributed by atoms with Crippen LogP contribution in [0.2, 0.25) is 0 Å². The minimum absolute atomic E-state index is 0.704. The summed E-state index contributed by atoms with van der Waals surface area (Å²) >= 11 is 0. The van der Waals surface area contributed by atoms with Crippen LogP contribution in [-0.2, 0) is 0 Å². The molecular weight excluding hydrogens is 266 g/mol. The zero-order valence-electron chi connectivity index (χ0n) is 13.2. The molecule has 4 heteroatoms. The van der Waals surface area contributed by atoms with E-state index in [0.29, 0.717) is 6.61 Å². The normalized spacial score (nSPS) is 15.7. The van der Waals surface area contributed by atoms with Crippen molar-refractivity contribution >= 4 is 0 Å². The van der Waals surface area contributed by atoms with Crippen molar-refractivity contribution in [2.75, 3.05) is 27.4 Å². The Labute approximate surface area is 127 Å². The highest BCUT2D eigenvalue weighted by atomic mass is 16.5. The van der Waals surface area contributed by atoms with Crippen molar-refractivity contribution in [1.82, 2.24) is 5.32 Å². The summed E-state index contributed by atoms with van der Waals surface area (Å²) in [6, 6.07) is 6.33. The van der Waals surface area contributed by atoms with Crippen LogP contribution in [0.25, 0.3) is 0 Å². The molecular formula is C17H27NO3. The van der Waals surface area contributed by atoms with Gasteiger partial charge in [-0.2, -0.15) is 0 Å². The third-order valence-corrected chi connectivity index (χ3v) is 3.95. The lowest BCUT2D eigenvalue weighted by molar-refractivity contribution is 0.293. The largest absolute Gasteiger partial charge is 0.496 e. The van der Waals surface area contributed by atoms with Gasteiger partial charge in [-0.05, 0) is 25.8 Å². The summed E-state index contributed by atoms with van der Waals surface area (Å²) in [5.74, 6) is 2.30. The highest BCUT2D eigenvalue weighted by Gasteiger charge is 2.11. The molecule has 1 N–H and O–H groups in total. The van der Waals surface area contributed by atoms with Crippen molar-refractivity contribution < 1.29 is 14.2 Å². The Hall–Kier alpha value is -1.42. The van der Waals surface area contributed by atoms with Crippen molar-refractivity contribution in [3.05, 3.63) is 18.2 Å². The van der Waals surface area contributed by atoms with Gasteiger partial charge in [0, 0.05) is 24.2 Å². The van der Waals surface area contributed by atoms with Gasteiger partial charge in [0.25, 0.3) is 0 Å². The standard InChI is InChI=1S/C17H27NO3/c1-19-15-11-16(20-2)13-17(12-15)21-10-6-9-18-14-7-4-3-5-8-14/h11-14,18H,3-10H2,1-2H3. The quantitative estimate of drug-likeness (QED) is 0.746. The van der Waals surface area contributed by atoms with E-state index < -0.39 is 0 Å². The van der Waals surface area contributed by atoms with Gasteiger partial charge in [-0.1, -0.05) is 19.3 Å². The number of hydrogen-bond acceptors (Lipinski definition) is 4. The summed E-state index contributed by atoms with van der Waals surface area (Å²) in [5.41, 5.74) is 0. The fourth-order valence-electron chi connectivity index (χ4n) is 2.74. The number of nitrogens with one attached hydrogen (secondary N) is 1. The van der Waals surface area contributed by atoms with Gasteiger partial charge in [0.1, 0.15) is 17.2 Å². The Kier molecular flexibility index (Phi) is 6.67. The lowest BCUT2D eigenvalue weighted by Gasteiger charge is -2.22. The van der Waals surface area contributed by atoms with E-state index in [1.165, 1.54) is 32.1 Å². The van der Waals surface area contributed by atoms with Crippen LogP contribution in [0, 0.1) is 0 Å². The van der Waals surface area contributed by atoms with Crippen molar-refractivity contribution in [3.8, 4) is 17.2 Å². The molecule has 0 unspecified atom stereocenters. The molecule has 0 atom stereocenters. The van der Waals surface area contributed by atoms with Crippen LogP contribution in [0.3, 0.4) is 0 Å². The van der Waals surface area contributed by atoms with Gasteiger partial charge in [-0.15, -0.1) is 0 Å². The predicted octanol–water partition coefficient (Wildman–Crippen LogP) is 3.40. The first-order valence-electron chi connectivity index (χ1n) is 7.91. The Morgan fingerprint density at radius 3 is 2.19 bits per heavy atom. The second-order valence-electron chi connectivity index (χ2n) is 5.54. The molecule has 118 valence electrons. The highest BCUT2D eigenvalue weighted by molar-refractivity contribution is 5.41. The van der Waals surface area contributed by atoms with Gasteiger partial charge in [0.05, 0.1) is 20.8 Å². The molecule has 1 aliphatic rings. The van der Waals surface area contributed by atoms with E-state index in [-0.39, 0.29) is 0 Å². The minimum atomic E-state index is 0.704. The highest BCUT2D eigenvalue weighted by Crippen LogP contribution is 2.27. The number of ether oxygens (including phenoxy) is 3. The smallest absolute Gasteiger partial charge is 0.126 e. The van der Waals surface area contributed by atoms with E-state index in [9.17, 15) is 0 Å². The number of hydrogen-bond donors (Lipinski definition) is 1. The topological polar surface area (TPSA) is 39.7 Å². The zero-order valence-corrected chi connectivity index (χ0v) is 13.2. The Bertz CT molecular complexity index is 394. The molecule has 0 aliphatic heterocycles. The lowest BCUT2D eigenvalue weighted by Crippen LogP contribution is -2.32. The number of benzene rings is 1. The molecule has 0 heterocycles. The summed E-state index contributed by atoms with van der Waals surface area (Å²) in [6.07, 6.45) is 7.81. The van der Waals surface area contributed by atoms with Gasteiger partial charge in [0.2, 0.25) is 0 Å². The first-order chi connectivity index (χ1) is 10.3. The van der Waals surface area contributed by atoms with Crippen LogP contribution in [0.5, 0.6) is 17.2 Å². The van der Waals surface area contributed by atoms with E-state index in [1.54, 1.807) is 14.2 Å². The summed E-state index contributed by atoms with van der Waals surface area (Å²) < 4.78 is 16.2. The maximum Gasteiger partial charge on any atom is 0.126 e. The SMILES string of the molecule is COc1cc(OC)cc(OCCCNC2CCCCC2)c1. The van der Waals surface area contributed by atoms with Crippen LogP contribution in [0.4, 0.5) is 0 Å². The Morgan fingerprint density at radius 1 is 0.952 bits per heavy atom. The molecule has 1 aromatic rings. The van der Waals surface area contributed by atoms with Gasteiger partial charge >= 0.3 is 0 Å². The first-order valence-corrected chi connectivity index (χ1v) is 7.91. The Balaban J connectivity index is 1.68. The first kappa shape index (κ1) is 16.0. The van der Waals surface area contributed by atoms with E-state index in [2.05, 4.69) is 5.32 Å². The lowest BCUT2D eigenvalue weighted by atomic mass is 9.95. The number of rotatable bonds is 8. The summed E-state index contributed by atoms with van der Waals surface area (Å²) in [7, 11) is 3.29. The van der Waals surface area contributed by atoms with Crippen molar-refractivity contribution in [2.45, 2.75) is 44.6 Å². The van der Waals surface area contributed by atoms with Crippen molar-refractivity contribution in [3.63, 3.8) is 0 Å². The average Bonchev–Trinajstić information content (AvgIpc) is 2.55. The molecule has 0 bridgehead atoms. The van der Waals surface area contributed by atoms with Crippen LogP contribution in [0.1, 0.15) is 38.5 Å². The summed E-state index contributed by atoms with van der Waals surface area (Å²) in [4.78, 5) is 0. The second kappa shape index (κ2) is 8.78. The van der Waals surface area contributed by atoms with Gasteiger partial charge < -0.3 is 19.5 Å². The zero-order chi connectivity index (χ0) is 14.9. The third kappa shape index (κ3) is 5.46. The molecule has 0 saturated heterocycles. The van der Waals surface area contributed by atoms with Gasteiger partial charge in [-0.3, -0.25) is 0 Å². The predicted molar refractivity (Wildman–Crippen MR) is 84.5 cm³/mol. The minimum Gasteiger partial charge on any atom is -0.496 e. The van der Waals surface area contributed by atoms with Crippen molar-refractivity contribution in [2.24, 2.45) is 0 Å². The molecule has 0 radical (unpaired) electrons. The van der Waals surface area contributed by atoms with Crippen molar-refractivity contribution in [1.29, 1.82) is 0 Å². The molecule has 2 rings (SSSR count). The maximum atomic E-state index is 5.78. The number of methoxy groups -OCH3 is 2. The molecule has 1 fully saturated rings. The maximum absolute atomic E-state index is 5.78. The van der Waals surface area contributed by atoms with E-state index in [1.807, 2.05) is 18.2 Å².